The van der Waals surface area contributed by atoms with Crippen LogP contribution in [-0.4, -0.2) is 5.11 Å². The average molecular weight is 355 g/mol. The number of hydrogen-bond acceptors (Lipinski definition) is 1. The van der Waals surface area contributed by atoms with Gasteiger partial charge in [-0.2, -0.15) is 0 Å². The van der Waals surface area contributed by atoms with E-state index in [2.05, 4.69) is 87.7 Å². The first-order chi connectivity index (χ1) is 12.0. The molecule has 0 aliphatic carbocycles. The van der Waals surface area contributed by atoms with Crippen LogP contribution in [0.3, 0.4) is 0 Å². The highest BCUT2D eigenvalue weighted by molar-refractivity contribution is 7.80. The summed E-state index contributed by atoms with van der Waals surface area (Å²) < 4.78 is 0. The lowest BCUT2D eigenvalue weighted by Gasteiger charge is -2.21. The molecule has 2 aromatic carbocycles. The molecule has 2 rings (SSSR count). The van der Waals surface area contributed by atoms with Crippen LogP contribution in [0.15, 0.2) is 42.5 Å². The Hall–Kier alpha value is -1.87. The second-order valence-electron chi connectivity index (χ2n) is 6.78. The minimum Gasteiger partial charge on any atom is -0.356 e. The Balaban J connectivity index is 2.06. The van der Waals surface area contributed by atoms with E-state index in [4.69, 9.17) is 12.2 Å². The van der Waals surface area contributed by atoms with Gasteiger partial charge in [0.25, 0.3) is 0 Å². The smallest absolute Gasteiger partial charge is 0.171 e. The van der Waals surface area contributed by atoms with E-state index in [0.717, 1.165) is 12.1 Å². The maximum atomic E-state index is 5.55. The van der Waals surface area contributed by atoms with Crippen LogP contribution in [-0.2, 0) is 0 Å². The van der Waals surface area contributed by atoms with Gasteiger partial charge in [0.15, 0.2) is 5.11 Å². The van der Waals surface area contributed by atoms with Crippen molar-refractivity contribution in [2.75, 3.05) is 5.32 Å². The SMILES string of the molecule is CCC(C)c1ccc(C(CC)NC(=S)Nc2cccc(C)c2C)cc1. The van der Waals surface area contributed by atoms with Crippen LogP contribution >= 0.6 is 12.2 Å². The van der Waals surface area contributed by atoms with Crippen molar-refractivity contribution in [3.05, 3.63) is 64.7 Å². The van der Waals surface area contributed by atoms with Crippen molar-refractivity contribution in [1.29, 1.82) is 0 Å². The van der Waals surface area contributed by atoms with Crippen LogP contribution in [0.4, 0.5) is 5.69 Å². The van der Waals surface area contributed by atoms with Crippen molar-refractivity contribution in [1.82, 2.24) is 5.32 Å². The van der Waals surface area contributed by atoms with Gasteiger partial charge in [-0.3, -0.25) is 0 Å². The average Bonchev–Trinajstić information content (AvgIpc) is 2.63. The summed E-state index contributed by atoms with van der Waals surface area (Å²) in [4.78, 5) is 0. The zero-order valence-corrected chi connectivity index (χ0v) is 16.8. The standard InChI is InChI=1S/C22H30N2S/c1-6-15(3)18-11-13-19(14-12-18)20(7-2)23-22(25)24-21-10-8-9-16(4)17(21)5/h8-15,20H,6-7H2,1-5H3,(H2,23,24,25). The number of aryl methyl sites for hydroxylation is 1. The second-order valence-corrected chi connectivity index (χ2v) is 7.19. The molecule has 0 radical (unpaired) electrons. The van der Waals surface area contributed by atoms with Crippen molar-refractivity contribution < 1.29 is 0 Å². The maximum Gasteiger partial charge on any atom is 0.171 e. The monoisotopic (exact) mass is 354 g/mol. The van der Waals surface area contributed by atoms with Gasteiger partial charge in [-0.25, -0.2) is 0 Å². The molecular weight excluding hydrogens is 324 g/mol. The van der Waals surface area contributed by atoms with Crippen molar-refractivity contribution in [2.24, 2.45) is 0 Å². The van der Waals surface area contributed by atoms with Gasteiger partial charge in [0.1, 0.15) is 0 Å². The first-order valence-electron chi connectivity index (χ1n) is 9.19. The van der Waals surface area contributed by atoms with Gasteiger partial charge in [-0.1, -0.05) is 57.2 Å². The molecular formula is C22H30N2S. The maximum absolute atomic E-state index is 5.55. The molecule has 3 heteroatoms. The van der Waals surface area contributed by atoms with Gasteiger partial charge in [0, 0.05) is 5.69 Å². The molecule has 0 saturated heterocycles. The molecule has 0 saturated carbocycles. The minimum atomic E-state index is 0.219. The molecule has 2 nitrogen and oxygen atoms in total. The van der Waals surface area contributed by atoms with E-state index in [1.807, 2.05) is 0 Å². The highest BCUT2D eigenvalue weighted by Gasteiger charge is 2.12. The molecule has 0 amide bonds. The van der Waals surface area contributed by atoms with Crippen molar-refractivity contribution in [2.45, 2.75) is 59.4 Å². The van der Waals surface area contributed by atoms with Crippen molar-refractivity contribution in [3.8, 4) is 0 Å². The summed E-state index contributed by atoms with van der Waals surface area (Å²) in [6.07, 6.45) is 2.15. The third-order valence-corrected chi connectivity index (χ3v) is 5.31. The molecule has 0 aliphatic rings. The number of anilines is 1. The summed E-state index contributed by atoms with van der Waals surface area (Å²) in [5.74, 6) is 0.606. The van der Waals surface area contributed by atoms with Crippen LogP contribution < -0.4 is 10.6 Å². The van der Waals surface area contributed by atoms with Gasteiger partial charge >= 0.3 is 0 Å². The zero-order chi connectivity index (χ0) is 18.4. The highest BCUT2D eigenvalue weighted by atomic mass is 32.1. The van der Waals surface area contributed by atoms with E-state index in [0.29, 0.717) is 11.0 Å². The van der Waals surface area contributed by atoms with E-state index in [1.165, 1.54) is 28.7 Å². The number of rotatable bonds is 6. The second kappa shape index (κ2) is 9.00. The van der Waals surface area contributed by atoms with Gasteiger partial charge in [0.2, 0.25) is 0 Å². The molecule has 2 N–H and O–H groups in total. The molecule has 0 heterocycles. The van der Waals surface area contributed by atoms with E-state index < -0.39 is 0 Å². The van der Waals surface area contributed by atoms with Crippen LogP contribution in [0.5, 0.6) is 0 Å². The van der Waals surface area contributed by atoms with Crippen molar-refractivity contribution >= 4 is 23.0 Å². The van der Waals surface area contributed by atoms with Gasteiger partial charge in [-0.15, -0.1) is 0 Å². The summed E-state index contributed by atoms with van der Waals surface area (Å²) in [5.41, 5.74) is 6.24. The minimum absolute atomic E-state index is 0.219. The molecule has 134 valence electrons. The largest absolute Gasteiger partial charge is 0.356 e. The fourth-order valence-corrected chi connectivity index (χ4v) is 3.17. The summed E-state index contributed by atoms with van der Waals surface area (Å²) in [6.45, 7) is 10.9. The Morgan fingerprint density at radius 2 is 1.60 bits per heavy atom. The molecule has 0 bridgehead atoms. The number of hydrogen-bond donors (Lipinski definition) is 2. The molecule has 2 aromatic rings. The van der Waals surface area contributed by atoms with Crippen LogP contribution in [0.2, 0.25) is 0 Å². The van der Waals surface area contributed by atoms with Crippen LogP contribution in [0.25, 0.3) is 0 Å². The van der Waals surface area contributed by atoms with Crippen molar-refractivity contribution in [3.63, 3.8) is 0 Å². The molecule has 2 unspecified atom stereocenters. The molecule has 0 aliphatic heterocycles. The molecule has 25 heavy (non-hydrogen) atoms. The number of thiocarbonyl (C=S) groups is 1. The topological polar surface area (TPSA) is 24.1 Å². The first kappa shape index (κ1) is 19.5. The lowest BCUT2D eigenvalue weighted by molar-refractivity contribution is 0.628. The van der Waals surface area contributed by atoms with E-state index in [9.17, 15) is 0 Å². The Labute approximate surface area is 158 Å². The third kappa shape index (κ3) is 5.05. The molecule has 0 fully saturated rings. The van der Waals surface area contributed by atoms with Crippen LogP contribution in [0.1, 0.15) is 67.8 Å². The number of benzene rings is 2. The van der Waals surface area contributed by atoms with E-state index >= 15 is 0 Å². The lowest BCUT2D eigenvalue weighted by atomic mass is 9.95. The third-order valence-electron chi connectivity index (χ3n) is 5.09. The van der Waals surface area contributed by atoms with Gasteiger partial charge in [-0.05, 0) is 73.1 Å². The van der Waals surface area contributed by atoms with E-state index in [1.54, 1.807) is 0 Å². The van der Waals surface area contributed by atoms with Gasteiger partial charge in [0.05, 0.1) is 6.04 Å². The lowest BCUT2D eigenvalue weighted by Crippen LogP contribution is -2.32. The van der Waals surface area contributed by atoms with Gasteiger partial charge < -0.3 is 10.6 Å². The molecule has 2 atom stereocenters. The summed E-state index contributed by atoms with van der Waals surface area (Å²) in [5, 5.41) is 7.48. The molecule has 0 aromatic heterocycles. The highest BCUT2D eigenvalue weighted by Crippen LogP contribution is 2.23. The Kier molecular flexibility index (Phi) is 7.01. The first-order valence-corrected chi connectivity index (χ1v) is 9.60. The predicted octanol–water partition coefficient (Wildman–Crippen LogP) is 6.25. The Morgan fingerprint density at radius 3 is 2.20 bits per heavy atom. The summed E-state index contributed by atoms with van der Waals surface area (Å²) >= 11 is 5.55. The predicted molar refractivity (Wildman–Crippen MR) is 113 cm³/mol. The summed E-state index contributed by atoms with van der Waals surface area (Å²) in [7, 11) is 0. The zero-order valence-electron chi connectivity index (χ0n) is 16.0. The summed E-state index contributed by atoms with van der Waals surface area (Å²) in [6, 6.07) is 15.4. The fraction of sp³-hybridized carbons (Fsp3) is 0.409. The van der Waals surface area contributed by atoms with Crippen LogP contribution in [0, 0.1) is 13.8 Å². The van der Waals surface area contributed by atoms with E-state index in [-0.39, 0.29) is 6.04 Å². The normalized spacial score (nSPS) is 13.2. The fourth-order valence-electron chi connectivity index (χ4n) is 2.92. The number of nitrogens with one attached hydrogen (secondary N) is 2. The quantitative estimate of drug-likeness (QED) is 0.599. The Morgan fingerprint density at radius 1 is 0.960 bits per heavy atom. The Bertz CT molecular complexity index is 706. The molecule has 0 spiro atoms.